The van der Waals surface area contributed by atoms with Crippen LogP contribution < -0.4 is 4.74 Å². The minimum atomic E-state index is -0.700. The van der Waals surface area contributed by atoms with Crippen molar-refractivity contribution >= 4 is 5.97 Å². The van der Waals surface area contributed by atoms with E-state index in [1.54, 1.807) is 0 Å². The summed E-state index contributed by atoms with van der Waals surface area (Å²) in [5, 5.41) is 9.54. The lowest BCUT2D eigenvalue weighted by Gasteiger charge is -2.33. The van der Waals surface area contributed by atoms with E-state index in [1.807, 2.05) is 32.9 Å². The van der Waals surface area contributed by atoms with E-state index in [2.05, 4.69) is 11.0 Å². The van der Waals surface area contributed by atoms with Crippen molar-refractivity contribution in [1.29, 1.82) is 0 Å². The van der Waals surface area contributed by atoms with Crippen LogP contribution >= 0.6 is 0 Å². The first-order chi connectivity index (χ1) is 9.98. The summed E-state index contributed by atoms with van der Waals surface area (Å²) in [6.07, 6.45) is 2.33. The Morgan fingerprint density at radius 2 is 2.00 bits per heavy atom. The number of aryl methyl sites for hydroxylation is 2. The third kappa shape index (κ3) is 3.38. The summed E-state index contributed by atoms with van der Waals surface area (Å²) >= 11 is 0. The zero-order chi connectivity index (χ0) is 15.5. The minimum Gasteiger partial charge on any atom is -0.492 e. The number of carboxylic acids is 1. The Bertz CT molecular complexity index is 495. The maximum atomic E-state index is 11.6. The van der Waals surface area contributed by atoms with Gasteiger partial charge in [-0.3, -0.25) is 9.69 Å². The van der Waals surface area contributed by atoms with E-state index >= 15 is 0 Å². The standard InChI is InChI=1S/C17H25NO3/c1-4-17(16(19)20)6-5-7-18(17)8-9-21-15-11-13(2)10-14(3)12-15/h10-12H,4-9H2,1-3H3,(H,19,20). The average molecular weight is 291 g/mol. The van der Waals surface area contributed by atoms with Crippen LogP contribution in [0.3, 0.4) is 0 Å². The number of aliphatic carboxylic acids is 1. The van der Waals surface area contributed by atoms with Gasteiger partial charge in [-0.2, -0.15) is 0 Å². The van der Waals surface area contributed by atoms with Gasteiger partial charge in [-0.1, -0.05) is 13.0 Å². The van der Waals surface area contributed by atoms with Crippen LogP contribution in [0.25, 0.3) is 0 Å². The molecule has 1 aromatic rings. The summed E-state index contributed by atoms with van der Waals surface area (Å²) < 4.78 is 5.81. The van der Waals surface area contributed by atoms with E-state index in [9.17, 15) is 9.90 Å². The molecule has 0 spiro atoms. The van der Waals surface area contributed by atoms with E-state index < -0.39 is 11.5 Å². The number of benzene rings is 1. The molecule has 1 atom stereocenters. The van der Waals surface area contributed by atoms with Gasteiger partial charge < -0.3 is 9.84 Å². The van der Waals surface area contributed by atoms with Crippen molar-refractivity contribution in [2.75, 3.05) is 19.7 Å². The van der Waals surface area contributed by atoms with Crippen LogP contribution in [0.4, 0.5) is 0 Å². The number of nitrogens with zero attached hydrogens (tertiary/aromatic N) is 1. The maximum absolute atomic E-state index is 11.6. The lowest BCUT2D eigenvalue weighted by Crippen LogP contribution is -2.51. The Morgan fingerprint density at radius 3 is 2.57 bits per heavy atom. The lowest BCUT2D eigenvalue weighted by molar-refractivity contribution is -0.150. The molecule has 0 saturated carbocycles. The molecule has 0 radical (unpaired) electrons. The molecule has 0 aliphatic carbocycles. The highest BCUT2D eigenvalue weighted by Crippen LogP contribution is 2.32. The molecular formula is C17H25NO3. The van der Waals surface area contributed by atoms with Gasteiger partial charge in [0.25, 0.3) is 0 Å². The lowest BCUT2D eigenvalue weighted by atomic mass is 9.93. The van der Waals surface area contributed by atoms with Gasteiger partial charge in [0.2, 0.25) is 0 Å². The molecule has 0 aromatic heterocycles. The highest BCUT2D eigenvalue weighted by atomic mass is 16.5. The number of hydrogen-bond acceptors (Lipinski definition) is 3. The first-order valence-electron chi connectivity index (χ1n) is 7.67. The molecule has 1 aliphatic heterocycles. The third-order valence-electron chi connectivity index (χ3n) is 4.43. The fourth-order valence-corrected chi connectivity index (χ4v) is 3.34. The Hall–Kier alpha value is -1.55. The summed E-state index contributed by atoms with van der Waals surface area (Å²) in [4.78, 5) is 13.7. The largest absolute Gasteiger partial charge is 0.492 e. The minimum absolute atomic E-state index is 0.526. The molecular weight excluding hydrogens is 266 g/mol. The topological polar surface area (TPSA) is 49.8 Å². The van der Waals surface area contributed by atoms with E-state index in [0.717, 1.165) is 25.1 Å². The molecule has 1 fully saturated rings. The summed E-state index contributed by atoms with van der Waals surface area (Å²) in [5.41, 5.74) is 1.67. The second-order valence-corrected chi connectivity index (χ2v) is 5.95. The molecule has 4 nitrogen and oxygen atoms in total. The molecule has 1 unspecified atom stereocenters. The Morgan fingerprint density at radius 1 is 1.33 bits per heavy atom. The molecule has 2 rings (SSSR count). The van der Waals surface area contributed by atoms with Gasteiger partial charge in [-0.05, 0) is 62.9 Å². The monoisotopic (exact) mass is 291 g/mol. The number of carbonyl (C=O) groups is 1. The van der Waals surface area contributed by atoms with Crippen LogP contribution in [0.5, 0.6) is 5.75 Å². The second kappa shape index (κ2) is 6.48. The first kappa shape index (κ1) is 15.8. The van der Waals surface area contributed by atoms with E-state index in [0.29, 0.717) is 19.6 Å². The average Bonchev–Trinajstić information content (AvgIpc) is 2.82. The van der Waals surface area contributed by atoms with Crippen LogP contribution in [-0.4, -0.2) is 41.2 Å². The molecule has 1 aliphatic rings. The van der Waals surface area contributed by atoms with Gasteiger partial charge in [-0.15, -0.1) is 0 Å². The van der Waals surface area contributed by atoms with Gasteiger partial charge in [0, 0.05) is 6.54 Å². The molecule has 21 heavy (non-hydrogen) atoms. The van der Waals surface area contributed by atoms with Crippen molar-refractivity contribution in [3.05, 3.63) is 29.3 Å². The molecule has 4 heteroatoms. The van der Waals surface area contributed by atoms with Gasteiger partial charge in [0.1, 0.15) is 17.9 Å². The highest BCUT2D eigenvalue weighted by molar-refractivity contribution is 5.79. The van der Waals surface area contributed by atoms with Gasteiger partial charge in [0.05, 0.1) is 0 Å². The highest BCUT2D eigenvalue weighted by Gasteiger charge is 2.45. The van der Waals surface area contributed by atoms with Crippen LogP contribution in [-0.2, 0) is 4.79 Å². The fraction of sp³-hybridized carbons (Fsp3) is 0.588. The summed E-state index contributed by atoms with van der Waals surface area (Å²) in [6, 6.07) is 6.14. The van der Waals surface area contributed by atoms with Crippen LogP contribution in [0.1, 0.15) is 37.3 Å². The third-order valence-corrected chi connectivity index (χ3v) is 4.43. The van der Waals surface area contributed by atoms with Crippen molar-refractivity contribution in [1.82, 2.24) is 4.90 Å². The maximum Gasteiger partial charge on any atom is 0.324 e. The van der Waals surface area contributed by atoms with Crippen molar-refractivity contribution in [3.63, 3.8) is 0 Å². The summed E-state index contributed by atoms with van der Waals surface area (Å²) in [5.74, 6) is 0.165. The van der Waals surface area contributed by atoms with Gasteiger partial charge >= 0.3 is 5.97 Å². The van der Waals surface area contributed by atoms with Gasteiger partial charge in [0.15, 0.2) is 0 Å². The Labute approximate surface area is 126 Å². The molecule has 1 saturated heterocycles. The summed E-state index contributed by atoms with van der Waals surface area (Å²) in [6.45, 7) is 8.08. The van der Waals surface area contributed by atoms with Crippen LogP contribution in [0.2, 0.25) is 0 Å². The van der Waals surface area contributed by atoms with Crippen LogP contribution in [0.15, 0.2) is 18.2 Å². The van der Waals surface area contributed by atoms with Gasteiger partial charge in [-0.25, -0.2) is 0 Å². The number of ether oxygens (including phenoxy) is 1. The van der Waals surface area contributed by atoms with Crippen molar-refractivity contribution in [2.24, 2.45) is 0 Å². The quantitative estimate of drug-likeness (QED) is 0.875. The molecule has 1 aromatic carbocycles. The van der Waals surface area contributed by atoms with E-state index in [4.69, 9.17) is 4.74 Å². The zero-order valence-corrected chi connectivity index (χ0v) is 13.2. The Balaban J connectivity index is 1.95. The molecule has 1 heterocycles. The van der Waals surface area contributed by atoms with E-state index in [-0.39, 0.29) is 0 Å². The number of rotatable bonds is 6. The fourth-order valence-electron chi connectivity index (χ4n) is 3.34. The normalized spacial score (nSPS) is 22.4. The molecule has 116 valence electrons. The SMILES string of the molecule is CCC1(C(=O)O)CCCN1CCOc1cc(C)cc(C)c1. The van der Waals surface area contributed by atoms with Crippen LogP contribution in [0, 0.1) is 13.8 Å². The van der Waals surface area contributed by atoms with Crippen molar-refractivity contribution < 1.29 is 14.6 Å². The first-order valence-corrected chi connectivity index (χ1v) is 7.67. The molecule has 1 N–H and O–H groups in total. The second-order valence-electron chi connectivity index (χ2n) is 5.95. The smallest absolute Gasteiger partial charge is 0.324 e. The predicted molar refractivity (Wildman–Crippen MR) is 82.9 cm³/mol. The number of hydrogen-bond donors (Lipinski definition) is 1. The Kier molecular flexibility index (Phi) is 4.88. The number of carboxylic acid groups (broad SMARTS) is 1. The molecule has 0 amide bonds. The zero-order valence-electron chi connectivity index (χ0n) is 13.2. The van der Waals surface area contributed by atoms with Crippen molar-refractivity contribution in [2.45, 2.75) is 45.6 Å². The summed E-state index contributed by atoms with van der Waals surface area (Å²) in [7, 11) is 0. The molecule has 0 bridgehead atoms. The van der Waals surface area contributed by atoms with Crippen molar-refractivity contribution in [3.8, 4) is 5.75 Å². The van der Waals surface area contributed by atoms with E-state index in [1.165, 1.54) is 11.1 Å². The number of likely N-dealkylation sites (tertiary alicyclic amines) is 1. The predicted octanol–water partition coefficient (Wildman–Crippen LogP) is 3.01.